The summed E-state index contributed by atoms with van der Waals surface area (Å²) in [6.45, 7) is 4.33. The van der Waals surface area contributed by atoms with Gasteiger partial charge >= 0.3 is 0 Å². The quantitative estimate of drug-likeness (QED) is 0.809. The lowest BCUT2D eigenvalue weighted by Gasteiger charge is -2.14. The number of anilines is 1. The maximum Gasteiger partial charge on any atom is 0.171 e. The molecule has 0 fully saturated rings. The van der Waals surface area contributed by atoms with E-state index < -0.39 is 0 Å². The predicted octanol–water partition coefficient (Wildman–Crippen LogP) is 4.58. The summed E-state index contributed by atoms with van der Waals surface area (Å²) in [4.78, 5) is 0. The molecule has 0 aromatic heterocycles. The fourth-order valence-corrected chi connectivity index (χ4v) is 2.27. The van der Waals surface area contributed by atoms with Crippen molar-refractivity contribution in [3.8, 4) is 0 Å². The third-order valence-corrected chi connectivity index (χ3v) is 3.92. The smallest absolute Gasteiger partial charge is 0.171 e. The Morgan fingerprint density at radius 3 is 2.76 bits per heavy atom. The van der Waals surface area contributed by atoms with Crippen LogP contribution in [0.25, 0.3) is 0 Å². The monoisotopic (exact) mass is 322 g/mol. The maximum absolute atomic E-state index is 13.2. The Labute approximate surface area is 134 Å². The van der Waals surface area contributed by atoms with Crippen molar-refractivity contribution in [1.29, 1.82) is 0 Å². The van der Waals surface area contributed by atoms with Crippen LogP contribution in [0.3, 0.4) is 0 Å². The zero-order valence-corrected chi connectivity index (χ0v) is 13.4. The number of hydrogen-bond acceptors (Lipinski definition) is 1. The number of aryl methyl sites for hydroxylation is 1. The second-order valence-electron chi connectivity index (χ2n) is 4.79. The van der Waals surface area contributed by atoms with Gasteiger partial charge in [-0.2, -0.15) is 0 Å². The van der Waals surface area contributed by atoms with Crippen molar-refractivity contribution in [3.63, 3.8) is 0 Å². The van der Waals surface area contributed by atoms with Crippen molar-refractivity contribution in [2.75, 3.05) is 5.32 Å². The predicted molar refractivity (Wildman–Crippen MR) is 90.4 cm³/mol. The minimum Gasteiger partial charge on any atom is -0.358 e. The fourth-order valence-electron chi connectivity index (χ4n) is 1.92. The third-order valence-electron chi connectivity index (χ3n) is 3.27. The van der Waals surface area contributed by atoms with Crippen LogP contribution in [-0.4, -0.2) is 5.11 Å². The highest BCUT2D eigenvalue weighted by Gasteiger charge is 2.05. The van der Waals surface area contributed by atoms with E-state index in [1.165, 1.54) is 12.1 Å². The van der Waals surface area contributed by atoms with Crippen molar-refractivity contribution in [2.45, 2.75) is 20.4 Å². The summed E-state index contributed by atoms with van der Waals surface area (Å²) in [7, 11) is 0. The highest BCUT2D eigenvalue weighted by atomic mass is 35.5. The standard InChI is InChI=1S/C16H16ClFN2S/c1-10-6-7-13(18)8-12(10)9-19-16(21)20-15-5-3-4-14(17)11(15)2/h3-8H,9H2,1-2H3,(H2,19,20,21). The number of thiocarbonyl (C=S) groups is 1. The molecular formula is C16H16ClFN2S. The molecule has 0 saturated carbocycles. The van der Waals surface area contributed by atoms with Crippen molar-refractivity contribution in [1.82, 2.24) is 5.32 Å². The van der Waals surface area contributed by atoms with Gasteiger partial charge in [-0.25, -0.2) is 4.39 Å². The Morgan fingerprint density at radius 1 is 1.24 bits per heavy atom. The highest BCUT2D eigenvalue weighted by molar-refractivity contribution is 7.80. The topological polar surface area (TPSA) is 24.1 Å². The lowest BCUT2D eigenvalue weighted by molar-refractivity contribution is 0.624. The summed E-state index contributed by atoms with van der Waals surface area (Å²) in [5.41, 5.74) is 3.69. The molecule has 0 radical (unpaired) electrons. The van der Waals surface area contributed by atoms with E-state index in [0.717, 1.165) is 22.4 Å². The Bertz CT molecular complexity index is 673. The third kappa shape index (κ3) is 4.16. The van der Waals surface area contributed by atoms with E-state index in [1.54, 1.807) is 6.07 Å². The van der Waals surface area contributed by atoms with Crippen molar-refractivity contribution in [3.05, 3.63) is 63.9 Å². The molecule has 21 heavy (non-hydrogen) atoms. The number of halogens is 2. The fraction of sp³-hybridized carbons (Fsp3) is 0.188. The van der Waals surface area contributed by atoms with Crippen LogP contribution in [0.5, 0.6) is 0 Å². The van der Waals surface area contributed by atoms with E-state index in [0.29, 0.717) is 16.7 Å². The Balaban J connectivity index is 1.99. The van der Waals surface area contributed by atoms with Crippen molar-refractivity contribution in [2.24, 2.45) is 0 Å². The lowest BCUT2D eigenvalue weighted by atomic mass is 10.1. The molecule has 0 heterocycles. The lowest BCUT2D eigenvalue weighted by Crippen LogP contribution is -2.28. The van der Waals surface area contributed by atoms with Gasteiger partial charge in [0.15, 0.2) is 5.11 Å². The zero-order chi connectivity index (χ0) is 15.4. The van der Waals surface area contributed by atoms with Crippen LogP contribution in [0.4, 0.5) is 10.1 Å². The molecule has 2 nitrogen and oxygen atoms in total. The second-order valence-corrected chi connectivity index (χ2v) is 5.61. The van der Waals surface area contributed by atoms with Gasteiger partial charge in [0, 0.05) is 17.3 Å². The molecule has 0 aliphatic heterocycles. The zero-order valence-electron chi connectivity index (χ0n) is 11.8. The van der Waals surface area contributed by atoms with Crippen molar-refractivity contribution >= 4 is 34.6 Å². The van der Waals surface area contributed by atoms with Crippen LogP contribution >= 0.6 is 23.8 Å². The second kappa shape index (κ2) is 6.87. The van der Waals surface area contributed by atoms with Gasteiger partial charge in [-0.1, -0.05) is 23.7 Å². The molecule has 0 unspecified atom stereocenters. The number of nitrogens with one attached hydrogen (secondary N) is 2. The molecule has 2 rings (SSSR count). The van der Waals surface area contributed by atoms with Gasteiger partial charge in [0.25, 0.3) is 0 Å². The van der Waals surface area contributed by atoms with E-state index in [1.807, 2.05) is 32.0 Å². The van der Waals surface area contributed by atoms with Gasteiger partial charge < -0.3 is 10.6 Å². The minimum absolute atomic E-state index is 0.248. The van der Waals surface area contributed by atoms with Crippen LogP contribution in [0, 0.1) is 19.7 Å². The first kappa shape index (κ1) is 15.7. The van der Waals surface area contributed by atoms with Gasteiger partial charge in [0.1, 0.15) is 5.82 Å². The van der Waals surface area contributed by atoms with Crippen molar-refractivity contribution < 1.29 is 4.39 Å². The SMILES string of the molecule is Cc1ccc(F)cc1CNC(=S)Nc1cccc(Cl)c1C. The van der Waals surface area contributed by atoms with E-state index in [4.69, 9.17) is 23.8 Å². The van der Waals surface area contributed by atoms with E-state index >= 15 is 0 Å². The Kier molecular flexibility index (Phi) is 5.15. The molecule has 0 spiro atoms. The molecule has 2 N–H and O–H groups in total. The normalized spacial score (nSPS) is 10.3. The molecule has 0 amide bonds. The van der Waals surface area contributed by atoms with Crippen LogP contribution < -0.4 is 10.6 Å². The van der Waals surface area contributed by atoms with Crippen LogP contribution in [0.1, 0.15) is 16.7 Å². The van der Waals surface area contributed by atoms with Gasteiger partial charge in [0.2, 0.25) is 0 Å². The minimum atomic E-state index is -0.248. The van der Waals surface area contributed by atoms with Gasteiger partial charge in [0.05, 0.1) is 0 Å². The summed E-state index contributed by atoms with van der Waals surface area (Å²) in [5.74, 6) is -0.248. The summed E-state index contributed by atoms with van der Waals surface area (Å²) in [6.07, 6.45) is 0. The van der Waals surface area contributed by atoms with Gasteiger partial charge in [-0.3, -0.25) is 0 Å². The molecule has 0 atom stereocenters. The first-order valence-electron chi connectivity index (χ1n) is 6.52. The summed E-state index contributed by atoms with van der Waals surface area (Å²) in [6, 6.07) is 10.3. The van der Waals surface area contributed by atoms with Crippen LogP contribution in [-0.2, 0) is 6.54 Å². The molecular weight excluding hydrogens is 307 g/mol. The maximum atomic E-state index is 13.2. The first-order chi connectivity index (χ1) is 9.97. The number of rotatable bonds is 3. The summed E-state index contributed by atoms with van der Waals surface area (Å²) in [5, 5.41) is 7.33. The van der Waals surface area contributed by atoms with Crippen LogP contribution in [0.15, 0.2) is 36.4 Å². The Morgan fingerprint density at radius 2 is 2.00 bits per heavy atom. The molecule has 2 aromatic carbocycles. The average molecular weight is 323 g/mol. The molecule has 0 aliphatic rings. The molecule has 5 heteroatoms. The molecule has 110 valence electrons. The average Bonchev–Trinajstić information content (AvgIpc) is 2.45. The largest absolute Gasteiger partial charge is 0.358 e. The van der Waals surface area contributed by atoms with E-state index in [2.05, 4.69) is 10.6 Å². The number of hydrogen-bond donors (Lipinski definition) is 2. The van der Waals surface area contributed by atoms with Crippen LogP contribution in [0.2, 0.25) is 5.02 Å². The van der Waals surface area contributed by atoms with Gasteiger partial charge in [-0.15, -0.1) is 0 Å². The first-order valence-corrected chi connectivity index (χ1v) is 7.31. The molecule has 0 aliphatic carbocycles. The summed E-state index contributed by atoms with van der Waals surface area (Å²) >= 11 is 11.3. The number of benzene rings is 2. The van der Waals surface area contributed by atoms with E-state index in [9.17, 15) is 4.39 Å². The molecule has 0 saturated heterocycles. The highest BCUT2D eigenvalue weighted by Crippen LogP contribution is 2.22. The van der Waals surface area contributed by atoms with E-state index in [-0.39, 0.29) is 5.82 Å². The molecule has 2 aromatic rings. The Hall–Kier alpha value is -1.65. The van der Waals surface area contributed by atoms with Gasteiger partial charge in [-0.05, 0) is 67.0 Å². The summed E-state index contributed by atoms with van der Waals surface area (Å²) < 4.78 is 13.2. The molecule has 0 bridgehead atoms.